The molecule has 0 bridgehead atoms. The van der Waals surface area contributed by atoms with Gasteiger partial charge in [-0.2, -0.15) is 0 Å². The molecule has 102 valence electrons. The van der Waals surface area contributed by atoms with Gasteiger partial charge in [-0.15, -0.1) is 0 Å². The van der Waals surface area contributed by atoms with Gasteiger partial charge in [-0.1, -0.05) is 20.3 Å². The van der Waals surface area contributed by atoms with Crippen molar-refractivity contribution in [3.63, 3.8) is 0 Å². The van der Waals surface area contributed by atoms with Gasteiger partial charge in [-0.25, -0.2) is 8.42 Å². The third-order valence-electron chi connectivity index (χ3n) is 2.79. The van der Waals surface area contributed by atoms with Crippen molar-refractivity contribution < 1.29 is 13.2 Å². The summed E-state index contributed by atoms with van der Waals surface area (Å²) in [4.78, 5) is 12.8. The molecule has 0 saturated carbocycles. The normalized spacial score (nSPS) is 15.4. The van der Waals surface area contributed by atoms with Crippen LogP contribution in [0.15, 0.2) is 0 Å². The molecule has 1 amide bonds. The maximum absolute atomic E-state index is 12.1. The topological polar surface area (TPSA) is 80.5 Å². The summed E-state index contributed by atoms with van der Waals surface area (Å²) in [6, 6.07) is -0.384. The summed E-state index contributed by atoms with van der Waals surface area (Å²) in [5.41, 5.74) is 5.87. The second kappa shape index (κ2) is 6.96. The number of nitrogens with two attached hydrogens (primary N) is 1. The lowest BCUT2D eigenvalue weighted by Crippen LogP contribution is -2.43. The van der Waals surface area contributed by atoms with E-state index >= 15 is 0 Å². The van der Waals surface area contributed by atoms with Crippen LogP contribution in [0.25, 0.3) is 0 Å². The Morgan fingerprint density at radius 1 is 1.29 bits per heavy atom. The van der Waals surface area contributed by atoms with Crippen LogP contribution in [0.4, 0.5) is 0 Å². The number of carbonyl (C=O) groups is 1. The first kappa shape index (κ1) is 16.4. The molecule has 0 aliphatic rings. The molecule has 0 fully saturated rings. The highest BCUT2D eigenvalue weighted by molar-refractivity contribution is 7.92. The van der Waals surface area contributed by atoms with Crippen LogP contribution in [0.2, 0.25) is 0 Å². The molecule has 0 heterocycles. The van der Waals surface area contributed by atoms with E-state index in [0.717, 1.165) is 6.42 Å². The van der Waals surface area contributed by atoms with Gasteiger partial charge in [-0.05, 0) is 12.8 Å². The van der Waals surface area contributed by atoms with Crippen molar-refractivity contribution in [2.75, 3.05) is 19.8 Å². The van der Waals surface area contributed by atoms with Crippen LogP contribution in [0.3, 0.4) is 0 Å². The lowest BCUT2D eigenvalue weighted by atomic mass is 10.1. The summed E-state index contributed by atoms with van der Waals surface area (Å²) in [6.45, 7) is 3.75. The van der Waals surface area contributed by atoms with Crippen LogP contribution in [0, 0.1) is 0 Å². The first-order valence-electron chi connectivity index (χ1n) is 5.93. The van der Waals surface area contributed by atoms with Gasteiger partial charge in [0.05, 0.1) is 5.25 Å². The number of amides is 1. The number of rotatable bonds is 7. The van der Waals surface area contributed by atoms with Crippen LogP contribution in [-0.4, -0.2) is 50.4 Å². The highest BCUT2D eigenvalue weighted by Gasteiger charge is 2.31. The third-order valence-corrected chi connectivity index (χ3v) is 5.04. The summed E-state index contributed by atoms with van der Waals surface area (Å²) in [5, 5.41) is -0.619. The molecule has 2 unspecified atom stereocenters. The minimum Gasteiger partial charge on any atom is -0.348 e. The van der Waals surface area contributed by atoms with E-state index in [0.29, 0.717) is 12.8 Å². The van der Waals surface area contributed by atoms with E-state index in [2.05, 4.69) is 0 Å². The minimum absolute atomic E-state index is 0.384. The average molecular weight is 264 g/mol. The standard InChI is InChI=1S/C11H24N2O3S/c1-5-7-9(12)10(6-2)17(15,16)8-11(14)13(3)4/h9-10H,5-8,12H2,1-4H3. The highest BCUT2D eigenvalue weighted by Crippen LogP contribution is 2.14. The molecule has 0 aromatic heterocycles. The molecule has 5 nitrogen and oxygen atoms in total. The van der Waals surface area contributed by atoms with Crippen LogP contribution < -0.4 is 5.73 Å². The Morgan fingerprint density at radius 3 is 2.18 bits per heavy atom. The maximum Gasteiger partial charge on any atom is 0.237 e. The third kappa shape index (κ3) is 5.04. The van der Waals surface area contributed by atoms with E-state index in [1.807, 2.05) is 6.92 Å². The average Bonchev–Trinajstić information content (AvgIpc) is 2.17. The maximum atomic E-state index is 12.1. The first-order valence-corrected chi connectivity index (χ1v) is 7.65. The smallest absolute Gasteiger partial charge is 0.237 e. The highest BCUT2D eigenvalue weighted by atomic mass is 32.2. The summed E-state index contributed by atoms with van der Waals surface area (Å²) >= 11 is 0. The minimum atomic E-state index is -3.45. The molecule has 0 radical (unpaired) electrons. The Hall–Kier alpha value is -0.620. The Labute approximate surface area is 104 Å². The zero-order valence-corrected chi connectivity index (χ0v) is 12.0. The van der Waals surface area contributed by atoms with E-state index in [9.17, 15) is 13.2 Å². The van der Waals surface area contributed by atoms with E-state index in [4.69, 9.17) is 5.73 Å². The van der Waals surface area contributed by atoms with Crippen molar-refractivity contribution >= 4 is 15.7 Å². The fraction of sp³-hybridized carbons (Fsp3) is 0.909. The predicted molar refractivity (Wildman–Crippen MR) is 69.4 cm³/mol. The van der Waals surface area contributed by atoms with Crippen molar-refractivity contribution in [3.05, 3.63) is 0 Å². The second-order valence-electron chi connectivity index (χ2n) is 4.49. The molecule has 0 spiro atoms. The van der Waals surface area contributed by atoms with Gasteiger partial charge in [0.25, 0.3) is 0 Å². The first-order chi connectivity index (χ1) is 7.76. The van der Waals surface area contributed by atoms with Gasteiger partial charge in [0.15, 0.2) is 9.84 Å². The van der Waals surface area contributed by atoms with Crippen LogP contribution in [0.5, 0.6) is 0 Å². The predicted octanol–water partition coefficient (Wildman–Crippen LogP) is 0.395. The molecule has 6 heteroatoms. The van der Waals surface area contributed by atoms with Gasteiger partial charge < -0.3 is 10.6 Å². The number of sulfone groups is 1. The number of hydrogen-bond donors (Lipinski definition) is 1. The fourth-order valence-electron chi connectivity index (χ4n) is 1.75. The van der Waals surface area contributed by atoms with E-state index in [1.165, 1.54) is 4.90 Å². The zero-order chi connectivity index (χ0) is 13.6. The van der Waals surface area contributed by atoms with Crippen molar-refractivity contribution in [3.8, 4) is 0 Å². The van der Waals surface area contributed by atoms with Gasteiger partial charge in [-0.3, -0.25) is 4.79 Å². The molecule has 0 aliphatic carbocycles. The Balaban J connectivity index is 4.82. The molecular formula is C11H24N2O3S. The van der Waals surface area contributed by atoms with Crippen LogP contribution >= 0.6 is 0 Å². The lowest BCUT2D eigenvalue weighted by molar-refractivity contribution is -0.125. The van der Waals surface area contributed by atoms with Gasteiger partial charge >= 0.3 is 0 Å². The van der Waals surface area contributed by atoms with E-state index in [-0.39, 0.29) is 6.04 Å². The molecular weight excluding hydrogens is 240 g/mol. The van der Waals surface area contributed by atoms with Crippen molar-refractivity contribution in [2.45, 2.75) is 44.4 Å². The fourth-order valence-corrected chi connectivity index (χ4v) is 3.74. The van der Waals surface area contributed by atoms with E-state index in [1.54, 1.807) is 21.0 Å². The SMILES string of the molecule is CCCC(N)C(CC)S(=O)(=O)CC(=O)N(C)C. The number of nitrogens with zero attached hydrogens (tertiary/aromatic N) is 1. The molecule has 2 N–H and O–H groups in total. The molecule has 17 heavy (non-hydrogen) atoms. The Kier molecular flexibility index (Phi) is 6.70. The van der Waals surface area contributed by atoms with E-state index < -0.39 is 26.7 Å². The molecule has 2 atom stereocenters. The van der Waals surface area contributed by atoms with Crippen LogP contribution in [0.1, 0.15) is 33.1 Å². The monoisotopic (exact) mass is 264 g/mol. The summed E-state index contributed by atoms with van der Waals surface area (Å²) in [7, 11) is -0.362. The molecule has 0 aromatic carbocycles. The second-order valence-corrected chi connectivity index (χ2v) is 6.71. The summed E-state index contributed by atoms with van der Waals surface area (Å²) in [6.07, 6.45) is 1.95. The van der Waals surface area contributed by atoms with Gasteiger partial charge in [0.2, 0.25) is 5.91 Å². The molecule has 0 saturated heterocycles. The largest absolute Gasteiger partial charge is 0.348 e. The van der Waals surface area contributed by atoms with Crippen molar-refractivity contribution in [1.82, 2.24) is 4.90 Å². The summed E-state index contributed by atoms with van der Waals surface area (Å²) in [5.74, 6) is -0.845. The zero-order valence-electron chi connectivity index (χ0n) is 11.1. The van der Waals surface area contributed by atoms with Gasteiger partial charge in [0, 0.05) is 20.1 Å². The lowest BCUT2D eigenvalue weighted by Gasteiger charge is -2.23. The van der Waals surface area contributed by atoms with Crippen molar-refractivity contribution in [1.29, 1.82) is 0 Å². The molecule has 0 rings (SSSR count). The number of hydrogen-bond acceptors (Lipinski definition) is 4. The number of carbonyl (C=O) groups excluding carboxylic acids is 1. The molecule has 0 aliphatic heterocycles. The summed E-state index contributed by atoms with van der Waals surface area (Å²) < 4.78 is 24.1. The Bertz CT molecular complexity index is 339. The Morgan fingerprint density at radius 2 is 1.82 bits per heavy atom. The molecule has 0 aromatic rings. The quantitative estimate of drug-likeness (QED) is 0.721. The van der Waals surface area contributed by atoms with Gasteiger partial charge in [0.1, 0.15) is 5.75 Å². The van der Waals surface area contributed by atoms with Crippen LogP contribution in [-0.2, 0) is 14.6 Å². The van der Waals surface area contributed by atoms with Crippen molar-refractivity contribution in [2.24, 2.45) is 5.73 Å².